The summed E-state index contributed by atoms with van der Waals surface area (Å²) in [6, 6.07) is 11.6. The Kier molecular flexibility index (Phi) is 3.74. The third-order valence-electron chi connectivity index (χ3n) is 3.18. The number of hydrogen-bond acceptors (Lipinski definition) is 3. The van der Waals surface area contributed by atoms with Crippen molar-refractivity contribution in [1.82, 2.24) is 9.78 Å². The van der Waals surface area contributed by atoms with Gasteiger partial charge in [0.1, 0.15) is 5.54 Å². The van der Waals surface area contributed by atoms with Crippen LogP contribution >= 0.6 is 15.9 Å². The molecule has 4 nitrogen and oxygen atoms in total. The summed E-state index contributed by atoms with van der Waals surface area (Å²) in [6.45, 7) is 4.19. The molecule has 2 aromatic rings. The predicted molar refractivity (Wildman–Crippen MR) is 77.3 cm³/mol. The quantitative estimate of drug-likeness (QED) is 0.945. The molecule has 0 aliphatic carbocycles. The molecule has 0 amide bonds. The van der Waals surface area contributed by atoms with Crippen LogP contribution in [0, 0.1) is 25.2 Å². The zero-order valence-corrected chi connectivity index (χ0v) is 12.5. The lowest BCUT2D eigenvalue weighted by Crippen LogP contribution is -2.40. The monoisotopic (exact) mass is 318 g/mol. The van der Waals surface area contributed by atoms with Crippen molar-refractivity contribution in [2.75, 3.05) is 0 Å². The summed E-state index contributed by atoms with van der Waals surface area (Å²) < 4.78 is 2.73. The molecule has 1 aromatic carbocycles. The second-order valence-corrected chi connectivity index (χ2v) is 5.38. The number of benzene rings is 1. The highest BCUT2D eigenvalue weighted by Gasteiger charge is 2.29. The van der Waals surface area contributed by atoms with Crippen molar-refractivity contribution in [3.05, 3.63) is 51.8 Å². The van der Waals surface area contributed by atoms with Gasteiger partial charge in [-0.15, -0.1) is 0 Å². The van der Waals surface area contributed by atoms with Crippen LogP contribution in [0.3, 0.4) is 0 Å². The first-order chi connectivity index (χ1) is 8.98. The third-order valence-corrected chi connectivity index (χ3v) is 4.33. The molecule has 2 N–H and O–H groups in total. The average Bonchev–Trinajstić information content (AvgIpc) is 2.67. The summed E-state index contributed by atoms with van der Waals surface area (Å²) in [5.41, 5.74) is 7.82. The number of aryl methyl sites for hydroxylation is 1. The molecule has 5 heteroatoms. The fraction of sp³-hybridized carbons (Fsp3) is 0.286. The van der Waals surface area contributed by atoms with Crippen molar-refractivity contribution in [3.63, 3.8) is 0 Å². The van der Waals surface area contributed by atoms with Crippen molar-refractivity contribution in [3.8, 4) is 6.07 Å². The molecule has 0 saturated heterocycles. The van der Waals surface area contributed by atoms with Gasteiger partial charge in [-0.05, 0) is 35.3 Å². The first-order valence-electron chi connectivity index (χ1n) is 5.93. The number of nitrogens with two attached hydrogens (primary N) is 1. The molecule has 19 heavy (non-hydrogen) atoms. The summed E-state index contributed by atoms with van der Waals surface area (Å²) in [7, 11) is 0. The molecular formula is C14H15BrN4. The van der Waals surface area contributed by atoms with E-state index in [-0.39, 0.29) is 0 Å². The Hall–Kier alpha value is -1.64. The van der Waals surface area contributed by atoms with Gasteiger partial charge in [0, 0.05) is 5.69 Å². The van der Waals surface area contributed by atoms with Gasteiger partial charge in [0.25, 0.3) is 0 Å². The van der Waals surface area contributed by atoms with Gasteiger partial charge in [0.05, 0.1) is 22.8 Å². The van der Waals surface area contributed by atoms with Gasteiger partial charge in [0.2, 0.25) is 0 Å². The molecule has 1 atom stereocenters. The number of aromatic nitrogens is 2. The van der Waals surface area contributed by atoms with E-state index in [9.17, 15) is 5.26 Å². The van der Waals surface area contributed by atoms with E-state index in [1.165, 1.54) is 0 Å². The largest absolute Gasteiger partial charge is 0.308 e. The lowest BCUT2D eigenvalue weighted by atomic mass is 9.92. The number of rotatable bonds is 3. The highest BCUT2D eigenvalue weighted by Crippen LogP contribution is 2.24. The van der Waals surface area contributed by atoms with Crippen LogP contribution in [0.1, 0.15) is 17.0 Å². The molecule has 0 spiro atoms. The molecule has 1 heterocycles. The minimum atomic E-state index is -1.08. The molecule has 1 unspecified atom stereocenters. The van der Waals surface area contributed by atoms with E-state index in [1.54, 1.807) is 4.68 Å². The van der Waals surface area contributed by atoms with Crippen LogP contribution in [-0.4, -0.2) is 9.78 Å². The Bertz CT molecular complexity index is 627. The normalized spacial score (nSPS) is 13.8. The van der Waals surface area contributed by atoms with Crippen molar-refractivity contribution in [2.24, 2.45) is 5.73 Å². The lowest BCUT2D eigenvalue weighted by Gasteiger charge is -2.22. The standard InChI is InChI=1S/C14H15BrN4/c1-10-13(15)11(2)19(18-10)9-14(17,8-16)12-6-4-3-5-7-12/h3-7H,9,17H2,1-2H3. The van der Waals surface area contributed by atoms with Crippen LogP contribution in [0.15, 0.2) is 34.8 Å². The maximum atomic E-state index is 9.44. The first-order valence-corrected chi connectivity index (χ1v) is 6.72. The van der Waals surface area contributed by atoms with Crippen LogP contribution in [0.5, 0.6) is 0 Å². The summed E-state index contributed by atoms with van der Waals surface area (Å²) in [6.07, 6.45) is 0. The van der Waals surface area contributed by atoms with Crippen LogP contribution < -0.4 is 5.73 Å². The topological polar surface area (TPSA) is 67.6 Å². The SMILES string of the molecule is Cc1nn(CC(N)(C#N)c2ccccc2)c(C)c1Br. The summed E-state index contributed by atoms with van der Waals surface area (Å²) in [4.78, 5) is 0. The Labute approximate surface area is 121 Å². The lowest BCUT2D eigenvalue weighted by molar-refractivity contribution is 0.433. The fourth-order valence-corrected chi connectivity index (χ4v) is 2.28. The molecule has 0 saturated carbocycles. The van der Waals surface area contributed by atoms with Gasteiger partial charge >= 0.3 is 0 Å². The smallest absolute Gasteiger partial charge is 0.149 e. The van der Waals surface area contributed by atoms with Crippen molar-refractivity contribution < 1.29 is 0 Å². The van der Waals surface area contributed by atoms with Crippen LogP contribution in [0.2, 0.25) is 0 Å². The number of hydrogen-bond donors (Lipinski definition) is 1. The molecule has 0 aliphatic heterocycles. The summed E-state index contributed by atoms with van der Waals surface area (Å²) in [5, 5.41) is 13.8. The highest BCUT2D eigenvalue weighted by atomic mass is 79.9. The minimum absolute atomic E-state index is 0.325. The fourth-order valence-electron chi connectivity index (χ4n) is 1.99. The first kappa shape index (κ1) is 13.8. The number of halogens is 1. The average molecular weight is 319 g/mol. The Morgan fingerprint density at radius 2 is 2.00 bits per heavy atom. The van der Waals surface area contributed by atoms with Crippen molar-refractivity contribution >= 4 is 15.9 Å². The van der Waals surface area contributed by atoms with Gasteiger partial charge < -0.3 is 5.73 Å². The second kappa shape index (κ2) is 5.16. The molecule has 0 aliphatic rings. The van der Waals surface area contributed by atoms with Gasteiger partial charge in [-0.3, -0.25) is 4.68 Å². The summed E-state index contributed by atoms with van der Waals surface area (Å²) >= 11 is 3.48. The zero-order chi connectivity index (χ0) is 14.0. The van der Waals surface area contributed by atoms with Crippen molar-refractivity contribution in [1.29, 1.82) is 5.26 Å². The van der Waals surface area contributed by atoms with Gasteiger partial charge in [-0.1, -0.05) is 30.3 Å². The van der Waals surface area contributed by atoms with E-state index in [0.717, 1.165) is 21.4 Å². The third kappa shape index (κ3) is 2.55. The van der Waals surface area contributed by atoms with E-state index in [0.29, 0.717) is 6.54 Å². The van der Waals surface area contributed by atoms with Crippen LogP contribution in [-0.2, 0) is 12.1 Å². The van der Waals surface area contributed by atoms with Gasteiger partial charge in [-0.25, -0.2) is 0 Å². The number of nitrogens with zero attached hydrogens (tertiary/aromatic N) is 3. The van der Waals surface area contributed by atoms with E-state index >= 15 is 0 Å². The maximum absolute atomic E-state index is 9.44. The van der Waals surface area contributed by atoms with E-state index in [4.69, 9.17) is 5.73 Å². The minimum Gasteiger partial charge on any atom is -0.308 e. The Morgan fingerprint density at radius 1 is 1.37 bits per heavy atom. The Morgan fingerprint density at radius 3 is 2.47 bits per heavy atom. The molecule has 1 aromatic heterocycles. The molecule has 0 bridgehead atoms. The zero-order valence-electron chi connectivity index (χ0n) is 10.9. The van der Waals surface area contributed by atoms with Crippen LogP contribution in [0.4, 0.5) is 0 Å². The van der Waals surface area contributed by atoms with E-state index < -0.39 is 5.54 Å². The maximum Gasteiger partial charge on any atom is 0.149 e. The second-order valence-electron chi connectivity index (χ2n) is 4.59. The Balaban J connectivity index is 2.39. The number of nitriles is 1. The predicted octanol–water partition coefficient (Wildman–Crippen LogP) is 2.64. The molecule has 0 fully saturated rings. The van der Waals surface area contributed by atoms with Crippen molar-refractivity contribution in [2.45, 2.75) is 25.9 Å². The van der Waals surface area contributed by atoms with Gasteiger partial charge in [0.15, 0.2) is 0 Å². The van der Waals surface area contributed by atoms with E-state index in [2.05, 4.69) is 27.1 Å². The molecule has 2 rings (SSSR count). The molecule has 98 valence electrons. The van der Waals surface area contributed by atoms with Gasteiger partial charge in [-0.2, -0.15) is 10.4 Å². The van der Waals surface area contributed by atoms with Crippen LogP contribution in [0.25, 0.3) is 0 Å². The summed E-state index contributed by atoms with van der Waals surface area (Å²) in [5.74, 6) is 0. The highest BCUT2D eigenvalue weighted by molar-refractivity contribution is 9.10. The van der Waals surface area contributed by atoms with E-state index in [1.807, 2.05) is 44.2 Å². The molecule has 0 radical (unpaired) electrons. The molecular weight excluding hydrogens is 304 g/mol.